The maximum atomic E-state index is 5.35. The van der Waals surface area contributed by atoms with E-state index < -0.39 is 0 Å². The molecule has 1 aromatic heterocycles. The van der Waals surface area contributed by atoms with Crippen LogP contribution in [0, 0.1) is 0 Å². The number of nitrogens with one attached hydrogen (secondary N) is 2. The van der Waals surface area contributed by atoms with Gasteiger partial charge in [0.25, 0.3) is 0 Å². The van der Waals surface area contributed by atoms with Gasteiger partial charge in [-0.05, 0) is 6.42 Å². The molecule has 0 atom stereocenters. The zero-order chi connectivity index (χ0) is 15.8. The van der Waals surface area contributed by atoms with Crippen LogP contribution >= 0.6 is 24.0 Å². The van der Waals surface area contributed by atoms with Crippen LogP contribution in [0.15, 0.2) is 11.2 Å². The van der Waals surface area contributed by atoms with Crippen LogP contribution in [0.5, 0.6) is 0 Å². The van der Waals surface area contributed by atoms with Crippen LogP contribution in [0.25, 0.3) is 0 Å². The van der Waals surface area contributed by atoms with E-state index in [0.717, 1.165) is 64.0 Å². The Labute approximate surface area is 155 Å². The fourth-order valence-corrected chi connectivity index (χ4v) is 2.59. The summed E-state index contributed by atoms with van der Waals surface area (Å²) in [5.74, 6) is 0.833. The highest BCUT2D eigenvalue weighted by Gasteiger charge is 2.10. The molecule has 23 heavy (non-hydrogen) atoms. The molecule has 132 valence electrons. The summed E-state index contributed by atoms with van der Waals surface area (Å²) in [7, 11) is 3.76. The van der Waals surface area contributed by atoms with Gasteiger partial charge < -0.3 is 15.4 Å². The molecule has 0 unspecified atom stereocenters. The molecule has 0 radical (unpaired) electrons. The molecule has 0 spiro atoms. The van der Waals surface area contributed by atoms with E-state index in [1.807, 2.05) is 11.7 Å². The molecule has 2 heterocycles. The van der Waals surface area contributed by atoms with Gasteiger partial charge in [0.15, 0.2) is 5.96 Å². The van der Waals surface area contributed by atoms with Crippen molar-refractivity contribution in [3.05, 3.63) is 17.5 Å². The summed E-state index contributed by atoms with van der Waals surface area (Å²) in [5.41, 5.74) is 2.36. The molecule has 0 aromatic carbocycles. The largest absolute Gasteiger partial charge is 0.379 e. The van der Waals surface area contributed by atoms with Crippen molar-refractivity contribution < 1.29 is 4.74 Å². The van der Waals surface area contributed by atoms with Crippen LogP contribution < -0.4 is 10.6 Å². The second-order valence-corrected chi connectivity index (χ2v) is 5.43. The first-order chi connectivity index (χ1) is 10.7. The predicted molar refractivity (Wildman–Crippen MR) is 103 cm³/mol. The molecule has 0 bridgehead atoms. The highest BCUT2D eigenvalue weighted by Crippen LogP contribution is 2.06. The van der Waals surface area contributed by atoms with Gasteiger partial charge >= 0.3 is 0 Å². The quantitative estimate of drug-likeness (QED) is 0.389. The van der Waals surface area contributed by atoms with Crippen molar-refractivity contribution in [2.45, 2.75) is 19.9 Å². The lowest BCUT2D eigenvalue weighted by molar-refractivity contribution is 0.0389. The molecule has 0 saturated carbocycles. The lowest BCUT2D eigenvalue weighted by Gasteiger charge is -2.26. The van der Waals surface area contributed by atoms with Gasteiger partial charge in [-0.2, -0.15) is 5.10 Å². The molecule has 1 fully saturated rings. The molecular formula is C15H29IN6O. The van der Waals surface area contributed by atoms with Gasteiger partial charge in [0.2, 0.25) is 0 Å². The average molecular weight is 436 g/mol. The Hall–Kier alpha value is -0.870. The third-order valence-electron chi connectivity index (χ3n) is 3.82. The summed E-state index contributed by atoms with van der Waals surface area (Å²) in [5, 5.41) is 11.2. The summed E-state index contributed by atoms with van der Waals surface area (Å²) in [6, 6.07) is 0. The highest BCUT2D eigenvalue weighted by molar-refractivity contribution is 14.0. The van der Waals surface area contributed by atoms with E-state index in [2.05, 4.69) is 38.7 Å². The summed E-state index contributed by atoms with van der Waals surface area (Å²) in [6.45, 7) is 8.48. The number of aromatic nitrogens is 2. The summed E-state index contributed by atoms with van der Waals surface area (Å²) in [6.07, 6.45) is 3.01. The summed E-state index contributed by atoms with van der Waals surface area (Å²) in [4.78, 5) is 6.67. The van der Waals surface area contributed by atoms with Crippen LogP contribution in [0.1, 0.15) is 18.2 Å². The number of aryl methyl sites for hydroxylation is 2. The Morgan fingerprint density at radius 1 is 1.35 bits per heavy atom. The fraction of sp³-hybridized carbons (Fsp3) is 0.733. The standard InChI is InChI=1S/C15H28N6O.HI/c1-4-14-13(12-20(3)19-14)11-18-15(16-2)17-5-6-21-7-9-22-10-8-21;/h12H,4-11H2,1-3H3,(H2,16,17,18);1H. The first-order valence-electron chi connectivity index (χ1n) is 7.99. The van der Waals surface area contributed by atoms with Gasteiger partial charge in [0, 0.05) is 58.6 Å². The molecule has 2 N–H and O–H groups in total. The van der Waals surface area contributed by atoms with Crippen molar-refractivity contribution in [1.82, 2.24) is 25.3 Å². The number of aliphatic imine (C=N–C) groups is 1. The maximum Gasteiger partial charge on any atom is 0.191 e. The van der Waals surface area contributed by atoms with Crippen molar-refractivity contribution in [2.75, 3.05) is 46.4 Å². The van der Waals surface area contributed by atoms with E-state index in [9.17, 15) is 0 Å². The van der Waals surface area contributed by atoms with E-state index in [-0.39, 0.29) is 24.0 Å². The van der Waals surface area contributed by atoms with Crippen molar-refractivity contribution >= 4 is 29.9 Å². The molecule has 8 heteroatoms. The van der Waals surface area contributed by atoms with Gasteiger partial charge in [-0.3, -0.25) is 14.6 Å². The summed E-state index contributed by atoms with van der Waals surface area (Å²) >= 11 is 0. The molecular weight excluding hydrogens is 407 g/mol. The minimum Gasteiger partial charge on any atom is -0.379 e. The summed E-state index contributed by atoms with van der Waals surface area (Å²) < 4.78 is 7.22. The van der Waals surface area contributed by atoms with Crippen LogP contribution in [0.2, 0.25) is 0 Å². The van der Waals surface area contributed by atoms with Gasteiger partial charge in [-0.15, -0.1) is 24.0 Å². The van der Waals surface area contributed by atoms with Crippen molar-refractivity contribution in [3.8, 4) is 0 Å². The molecule has 1 aromatic rings. The number of hydrogen-bond donors (Lipinski definition) is 2. The minimum absolute atomic E-state index is 0. The van der Waals surface area contributed by atoms with Crippen LogP contribution in [0.4, 0.5) is 0 Å². The number of morpholine rings is 1. The fourth-order valence-electron chi connectivity index (χ4n) is 2.59. The SMILES string of the molecule is CCc1nn(C)cc1CNC(=NC)NCCN1CCOCC1.I. The van der Waals surface area contributed by atoms with E-state index in [0.29, 0.717) is 0 Å². The Kier molecular flexibility index (Phi) is 9.49. The maximum absolute atomic E-state index is 5.35. The number of halogens is 1. The van der Waals surface area contributed by atoms with E-state index in [4.69, 9.17) is 4.74 Å². The predicted octanol–water partition coefficient (Wildman–Crippen LogP) is 0.598. The number of hydrogen-bond acceptors (Lipinski definition) is 4. The topological polar surface area (TPSA) is 66.7 Å². The van der Waals surface area contributed by atoms with Gasteiger partial charge in [-0.1, -0.05) is 6.92 Å². The Bertz CT molecular complexity index is 484. The van der Waals surface area contributed by atoms with Gasteiger partial charge in [-0.25, -0.2) is 0 Å². The first kappa shape index (κ1) is 20.2. The smallest absolute Gasteiger partial charge is 0.191 e. The third kappa shape index (κ3) is 6.64. The van der Waals surface area contributed by atoms with Gasteiger partial charge in [0.1, 0.15) is 0 Å². The number of nitrogens with zero attached hydrogens (tertiary/aromatic N) is 4. The normalized spacial score (nSPS) is 16.0. The molecule has 7 nitrogen and oxygen atoms in total. The average Bonchev–Trinajstić information content (AvgIpc) is 2.91. The van der Waals surface area contributed by atoms with Crippen LogP contribution in [-0.2, 0) is 24.8 Å². The Morgan fingerprint density at radius 2 is 2.09 bits per heavy atom. The molecule has 1 aliphatic heterocycles. The number of guanidine groups is 1. The van der Waals surface area contributed by atoms with Crippen LogP contribution in [-0.4, -0.2) is 67.1 Å². The molecule has 1 saturated heterocycles. The lowest BCUT2D eigenvalue weighted by atomic mass is 10.2. The van der Waals surface area contributed by atoms with Gasteiger partial charge in [0.05, 0.1) is 18.9 Å². The molecule has 1 aliphatic rings. The third-order valence-corrected chi connectivity index (χ3v) is 3.82. The van der Waals surface area contributed by atoms with Crippen molar-refractivity contribution in [1.29, 1.82) is 0 Å². The van der Waals surface area contributed by atoms with Crippen molar-refractivity contribution in [3.63, 3.8) is 0 Å². The molecule has 0 amide bonds. The van der Waals surface area contributed by atoms with E-state index >= 15 is 0 Å². The monoisotopic (exact) mass is 436 g/mol. The zero-order valence-corrected chi connectivity index (χ0v) is 16.7. The second-order valence-electron chi connectivity index (χ2n) is 5.43. The highest BCUT2D eigenvalue weighted by atomic mass is 127. The van der Waals surface area contributed by atoms with Crippen molar-refractivity contribution in [2.24, 2.45) is 12.0 Å². The van der Waals surface area contributed by atoms with E-state index in [1.165, 1.54) is 5.56 Å². The Morgan fingerprint density at radius 3 is 2.74 bits per heavy atom. The molecule has 0 aliphatic carbocycles. The first-order valence-corrected chi connectivity index (χ1v) is 7.99. The zero-order valence-electron chi connectivity index (χ0n) is 14.3. The van der Waals surface area contributed by atoms with Crippen LogP contribution in [0.3, 0.4) is 0 Å². The van der Waals surface area contributed by atoms with E-state index in [1.54, 1.807) is 7.05 Å². The molecule has 2 rings (SSSR count). The minimum atomic E-state index is 0. The number of rotatable bonds is 6. The Balaban J connectivity index is 0.00000264. The lowest BCUT2D eigenvalue weighted by Crippen LogP contribution is -2.44. The number of ether oxygens (including phenoxy) is 1. The second kappa shape index (κ2) is 10.8.